The van der Waals surface area contributed by atoms with Crippen molar-refractivity contribution in [2.45, 2.75) is 80.6 Å². The number of nitrogens with zero attached hydrogens (tertiary/aromatic N) is 2. The van der Waals surface area contributed by atoms with Crippen molar-refractivity contribution < 1.29 is 30.0 Å². The number of ketones is 1. The van der Waals surface area contributed by atoms with Gasteiger partial charge in [-0.3, -0.25) is 9.78 Å². The number of hydrogen-bond acceptors (Lipinski definition) is 4. The molecule has 0 saturated heterocycles. The summed E-state index contributed by atoms with van der Waals surface area (Å²) >= 11 is 0. The molecule has 49 heavy (non-hydrogen) atoms. The summed E-state index contributed by atoms with van der Waals surface area (Å²) in [5.74, 6) is 0.547. The molecule has 0 aliphatic heterocycles. The van der Waals surface area contributed by atoms with Gasteiger partial charge < -0.3 is 5.11 Å². The van der Waals surface area contributed by atoms with E-state index in [4.69, 9.17) is 9.97 Å². The third-order valence-corrected chi connectivity index (χ3v) is 9.92. The van der Waals surface area contributed by atoms with Crippen LogP contribution in [0.25, 0.3) is 64.9 Å². The molecular weight excluding hydrogens is 781 g/mol. The summed E-state index contributed by atoms with van der Waals surface area (Å²) in [5, 5.41) is 21.8. The van der Waals surface area contributed by atoms with Crippen LogP contribution in [-0.2, 0) is 31.3 Å². The fourth-order valence-electron chi connectivity index (χ4n) is 7.37. The Labute approximate surface area is 303 Å². The molecule has 0 amide bonds. The van der Waals surface area contributed by atoms with Crippen molar-refractivity contribution in [1.29, 1.82) is 0 Å². The molecule has 4 nitrogen and oxygen atoms in total. The van der Waals surface area contributed by atoms with E-state index in [0.29, 0.717) is 0 Å². The molecule has 0 bridgehead atoms. The molecule has 7 rings (SSSR count). The van der Waals surface area contributed by atoms with Gasteiger partial charge in [0.15, 0.2) is 5.78 Å². The van der Waals surface area contributed by atoms with Crippen LogP contribution in [-0.4, -0.2) is 20.9 Å². The van der Waals surface area contributed by atoms with Crippen LogP contribution in [0.5, 0.6) is 0 Å². The minimum absolute atomic E-state index is 0. The number of carbonyl (C=O) groups is 1. The van der Waals surface area contributed by atoms with E-state index in [9.17, 15) is 9.90 Å². The average Bonchev–Trinajstić information content (AvgIpc) is 3.07. The minimum atomic E-state index is 0. The van der Waals surface area contributed by atoms with Crippen molar-refractivity contribution in [1.82, 2.24) is 9.97 Å². The maximum absolute atomic E-state index is 11.7. The molecule has 0 saturated carbocycles. The first-order valence-corrected chi connectivity index (χ1v) is 17.6. The first-order valence-electron chi connectivity index (χ1n) is 17.6. The predicted molar refractivity (Wildman–Crippen MR) is 204 cm³/mol. The number of aromatic nitrogens is 2. The normalized spacial score (nSPS) is 12.5. The number of fused-ring (bicyclic) bond motifs is 7. The molecule has 0 aliphatic carbocycles. The fraction of sp³-hybridized carbons (Fsp3) is 0.341. The monoisotopic (exact) mass is 828 g/mol. The predicted octanol–water partition coefficient (Wildman–Crippen LogP) is 12.1. The van der Waals surface area contributed by atoms with Crippen molar-refractivity contribution in [3.8, 4) is 0 Å². The molecule has 1 radical (unpaired) electrons. The van der Waals surface area contributed by atoms with Crippen LogP contribution >= 0.6 is 0 Å². The van der Waals surface area contributed by atoms with Crippen LogP contribution in [0.2, 0.25) is 0 Å². The summed E-state index contributed by atoms with van der Waals surface area (Å²) in [6.07, 6.45) is 7.66. The van der Waals surface area contributed by atoms with Crippen molar-refractivity contribution in [3.05, 3.63) is 96.5 Å². The number of allylic oxidation sites excluding steroid dienone is 2. The first kappa shape index (κ1) is 36.4. The van der Waals surface area contributed by atoms with Crippen LogP contribution in [0.15, 0.2) is 84.9 Å². The number of hydrogen-bond donors (Lipinski definition) is 1. The molecule has 6 aromatic carbocycles. The van der Waals surface area contributed by atoms with E-state index in [1.807, 2.05) is 27.7 Å². The molecule has 0 aliphatic rings. The Balaban J connectivity index is 0.000000252. The first-order chi connectivity index (χ1) is 23.1. The van der Waals surface area contributed by atoms with Crippen molar-refractivity contribution in [2.75, 3.05) is 0 Å². The summed E-state index contributed by atoms with van der Waals surface area (Å²) in [6, 6.07) is 28.0. The molecule has 5 heteroatoms. The van der Waals surface area contributed by atoms with Gasteiger partial charge in [0.1, 0.15) is 6.33 Å². The molecule has 1 heterocycles. The van der Waals surface area contributed by atoms with Crippen molar-refractivity contribution >= 4 is 70.7 Å². The molecule has 0 spiro atoms. The second-order valence-electron chi connectivity index (χ2n) is 14.4. The van der Waals surface area contributed by atoms with Gasteiger partial charge in [0.25, 0.3) is 0 Å². The summed E-state index contributed by atoms with van der Waals surface area (Å²) in [7, 11) is 0. The number of rotatable bonds is 8. The summed E-state index contributed by atoms with van der Waals surface area (Å²) in [6.45, 7) is 15.0. The second kappa shape index (κ2) is 14.9. The number of aliphatic hydroxyl groups excluding tert-OH is 1. The maximum Gasteiger partial charge on any atom is 0.162 e. The largest absolute Gasteiger partial charge is 0.512 e. The average molecular weight is 828 g/mol. The molecule has 0 unspecified atom stereocenters. The zero-order valence-corrected chi connectivity index (χ0v) is 32.2. The van der Waals surface area contributed by atoms with E-state index in [1.165, 1.54) is 49.3 Å². The summed E-state index contributed by atoms with van der Waals surface area (Å²) in [4.78, 5) is 21.3. The van der Waals surface area contributed by atoms with E-state index in [1.54, 1.807) is 6.33 Å². The summed E-state index contributed by atoms with van der Waals surface area (Å²) < 4.78 is 0. The van der Waals surface area contributed by atoms with E-state index in [2.05, 4.69) is 93.6 Å². The van der Waals surface area contributed by atoms with Crippen LogP contribution < -0.4 is 0 Å². The second-order valence-corrected chi connectivity index (χ2v) is 14.4. The van der Waals surface area contributed by atoms with Crippen molar-refractivity contribution in [2.24, 2.45) is 17.3 Å². The molecule has 0 fully saturated rings. The SMILES string of the molecule is CC(C)(C)Cc1ccc2c(c1)c1cccc3c4cc5ccccc5[c-]c4c4ncnc2c4c31.CCC(CC)C(=O)/C=C(\O)C(CC)CC.[Ir]. The molecule has 0 atom stereocenters. The third-order valence-electron chi connectivity index (χ3n) is 9.92. The standard InChI is InChI=1S/C31H23N2.C13H24O2.Ir/c1-31(2,3)16-18-11-12-23-24(13-18)21-9-6-10-22-25-14-19-7-4-5-8-20(19)15-26(25)30-28(27(21)22)29(23)32-17-33-30;1-5-10(6-2)12(14)9-13(15)11(7-3)8-4;/h4-14,17H,16H2,1-3H3;9-11,14H,5-8H2,1-4H3;/q-1;;/b;12-9-;. The van der Waals surface area contributed by atoms with Gasteiger partial charge in [-0.15, -0.1) is 23.6 Å². The van der Waals surface area contributed by atoms with E-state index >= 15 is 0 Å². The number of benzene rings is 6. The van der Waals surface area contributed by atoms with Gasteiger partial charge in [-0.2, -0.15) is 0 Å². The van der Waals surface area contributed by atoms with E-state index in [-0.39, 0.29) is 48.9 Å². The van der Waals surface area contributed by atoms with E-state index in [0.717, 1.165) is 59.3 Å². The Morgan fingerprint density at radius 1 is 0.755 bits per heavy atom. The van der Waals surface area contributed by atoms with Gasteiger partial charge in [-0.05, 0) is 64.6 Å². The Kier molecular flexibility index (Phi) is 11.1. The Morgan fingerprint density at radius 3 is 2.08 bits per heavy atom. The Bertz CT molecular complexity index is 2290. The number of carbonyl (C=O) groups excluding carboxylic acids is 1. The summed E-state index contributed by atoms with van der Waals surface area (Å²) in [5.41, 5.74) is 3.63. The van der Waals surface area contributed by atoms with Crippen molar-refractivity contribution in [3.63, 3.8) is 0 Å². The van der Waals surface area contributed by atoms with Crippen LogP contribution in [0.4, 0.5) is 0 Å². The zero-order valence-electron chi connectivity index (χ0n) is 29.8. The smallest absolute Gasteiger partial charge is 0.162 e. The molecule has 255 valence electrons. The van der Waals surface area contributed by atoms with Gasteiger partial charge in [0, 0.05) is 54.3 Å². The molecule has 1 aromatic heterocycles. The van der Waals surface area contributed by atoms with E-state index < -0.39 is 0 Å². The molecular formula is C44H47IrN2O2-. The molecule has 1 N–H and O–H groups in total. The molecule has 7 aromatic rings. The van der Waals surface area contributed by atoms with Gasteiger partial charge in [-0.1, -0.05) is 119 Å². The maximum atomic E-state index is 11.7. The quantitative estimate of drug-likeness (QED) is 0.0545. The van der Waals surface area contributed by atoms with Gasteiger partial charge in [0.2, 0.25) is 0 Å². The fourth-order valence-corrected chi connectivity index (χ4v) is 7.37. The van der Waals surface area contributed by atoms with Crippen LogP contribution in [0, 0.1) is 23.3 Å². The Hall–Kier alpha value is -3.92. The van der Waals surface area contributed by atoms with Crippen LogP contribution in [0.3, 0.4) is 0 Å². The van der Waals surface area contributed by atoms with Gasteiger partial charge >= 0.3 is 0 Å². The van der Waals surface area contributed by atoms with Gasteiger partial charge in [0.05, 0.1) is 11.3 Å². The topological polar surface area (TPSA) is 63.1 Å². The van der Waals surface area contributed by atoms with Crippen LogP contribution in [0.1, 0.15) is 79.7 Å². The number of aliphatic hydroxyl groups is 1. The minimum Gasteiger partial charge on any atom is -0.512 e. The third kappa shape index (κ3) is 7.07. The van der Waals surface area contributed by atoms with Gasteiger partial charge in [-0.25, -0.2) is 4.98 Å². The Morgan fingerprint density at radius 2 is 1.41 bits per heavy atom. The zero-order chi connectivity index (χ0) is 34.2.